The number of nitrogens with two attached hydrogens (primary N) is 1. The van der Waals surface area contributed by atoms with Gasteiger partial charge in [0.25, 0.3) is 5.91 Å². The van der Waals surface area contributed by atoms with Gasteiger partial charge in [-0.05, 0) is 87.5 Å². The molecule has 4 bridgehead atoms. The first-order valence-corrected chi connectivity index (χ1v) is 9.76. The largest absolute Gasteiger partial charge is 0.452 e. The molecular weight excluding hydrogens is 344 g/mol. The number of benzene rings is 1. The van der Waals surface area contributed by atoms with Gasteiger partial charge in [-0.3, -0.25) is 14.4 Å². The Hall–Kier alpha value is -2.37. The van der Waals surface area contributed by atoms with Gasteiger partial charge in [0.2, 0.25) is 5.91 Å². The van der Waals surface area contributed by atoms with E-state index >= 15 is 0 Å². The third kappa shape index (κ3) is 3.45. The van der Waals surface area contributed by atoms with Crippen LogP contribution in [-0.4, -0.2) is 23.9 Å². The lowest BCUT2D eigenvalue weighted by Gasteiger charge is -2.55. The Balaban J connectivity index is 1.37. The van der Waals surface area contributed by atoms with Crippen molar-refractivity contribution in [1.29, 1.82) is 0 Å². The van der Waals surface area contributed by atoms with Crippen LogP contribution in [0.15, 0.2) is 24.3 Å². The summed E-state index contributed by atoms with van der Waals surface area (Å²) >= 11 is 0. The average molecular weight is 370 g/mol. The van der Waals surface area contributed by atoms with Gasteiger partial charge in [-0.2, -0.15) is 0 Å². The minimum atomic E-state index is -0.860. The summed E-state index contributed by atoms with van der Waals surface area (Å²) in [4.78, 5) is 36.4. The molecule has 6 heteroatoms. The Morgan fingerprint density at radius 2 is 1.56 bits per heavy atom. The van der Waals surface area contributed by atoms with E-state index in [0.717, 1.165) is 19.3 Å². The topological polar surface area (TPSA) is 98.5 Å². The molecule has 1 unspecified atom stereocenters. The van der Waals surface area contributed by atoms with E-state index in [-0.39, 0.29) is 17.3 Å². The van der Waals surface area contributed by atoms with E-state index in [2.05, 4.69) is 5.32 Å². The monoisotopic (exact) mass is 370 g/mol. The molecule has 4 saturated carbocycles. The van der Waals surface area contributed by atoms with Crippen molar-refractivity contribution < 1.29 is 19.1 Å². The smallest absolute Gasteiger partial charge is 0.312 e. The molecule has 4 aliphatic rings. The molecule has 27 heavy (non-hydrogen) atoms. The molecule has 4 fully saturated rings. The van der Waals surface area contributed by atoms with Crippen LogP contribution in [0.1, 0.15) is 55.8 Å². The number of carbonyl (C=O) groups excluding carboxylic acids is 3. The van der Waals surface area contributed by atoms with Crippen LogP contribution in [0.2, 0.25) is 0 Å². The third-order valence-corrected chi connectivity index (χ3v) is 6.56. The Morgan fingerprint density at radius 3 is 2.04 bits per heavy atom. The van der Waals surface area contributed by atoms with Gasteiger partial charge in [-0.25, -0.2) is 0 Å². The lowest BCUT2D eigenvalue weighted by atomic mass is 9.49. The summed E-state index contributed by atoms with van der Waals surface area (Å²) in [6.45, 7) is 1.60. The molecule has 0 heterocycles. The number of primary amides is 1. The maximum absolute atomic E-state index is 12.9. The Labute approximate surface area is 158 Å². The fourth-order valence-electron chi connectivity index (χ4n) is 5.66. The number of carbonyl (C=O) groups is 3. The summed E-state index contributed by atoms with van der Waals surface area (Å²) in [5.41, 5.74) is 5.74. The van der Waals surface area contributed by atoms with Crippen LogP contribution in [0.25, 0.3) is 0 Å². The van der Waals surface area contributed by atoms with Crippen molar-refractivity contribution in [2.75, 3.05) is 5.32 Å². The molecule has 1 aromatic rings. The highest BCUT2D eigenvalue weighted by Crippen LogP contribution is 2.60. The highest BCUT2D eigenvalue weighted by Gasteiger charge is 2.55. The predicted octanol–water partition coefficient (Wildman–Crippen LogP) is 2.87. The van der Waals surface area contributed by atoms with Crippen molar-refractivity contribution >= 4 is 23.5 Å². The number of esters is 1. The van der Waals surface area contributed by atoms with Crippen molar-refractivity contribution in [3.63, 3.8) is 0 Å². The molecule has 0 aromatic heterocycles. The van der Waals surface area contributed by atoms with Crippen LogP contribution >= 0.6 is 0 Å². The highest BCUT2D eigenvalue weighted by atomic mass is 16.5. The van der Waals surface area contributed by atoms with E-state index in [1.165, 1.54) is 19.3 Å². The summed E-state index contributed by atoms with van der Waals surface area (Å²) in [5.74, 6) is 0.851. The minimum Gasteiger partial charge on any atom is -0.452 e. The quantitative estimate of drug-likeness (QED) is 0.779. The van der Waals surface area contributed by atoms with E-state index < -0.39 is 12.0 Å². The normalized spacial score (nSPS) is 32.0. The Kier molecular flexibility index (Phi) is 4.44. The second-order valence-electron chi connectivity index (χ2n) is 8.68. The molecule has 144 valence electrons. The summed E-state index contributed by atoms with van der Waals surface area (Å²) < 4.78 is 5.61. The van der Waals surface area contributed by atoms with Gasteiger partial charge >= 0.3 is 5.97 Å². The molecule has 1 aromatic carbocycles. The molecule has 2 amide bonds. The van der Waals surface area contributed by atoms with E-state index in [0.29, 0.717) is 29.0 Å². The second kappa shape index (κ2) is 6.66. The molecule has 1 atom stereocenters. The molecule has 3 N–H and O–H groups in total. The number of rotatable bonds is 5. The van der Waals surface area contributed by atoms with Crippen molar-refractivity contribution in [3.05, 3.63) is 29.8 Å². The predicted molar refractivity (Wildman–Crippen MR) is 99.7 cm³/mol. The summed E-state index contributed by atoms with van der Waals surface area (Å²) in [6.07, 6.45) is 5.65. The summed E-state index contributed by atoms with van der Waals surface area (Å²) in [5, 5.41) is 2.72. The van der Waals surface area contributed by atoms with Crippen LogP contribution in [-0.2, 0) is 14.3 Å². The number of anilines is 1. The van der Waals surface area contributed by atoms with E-state index in [9.17, 15) is 14.4 Å². The molecule has 5 rings (SSSR count). The van der Waals surface area contributed by atoms with E-state index in [1.807, 2.05) is 0 Å². The standard InChI is InChI=1S/C21H26N2O4/c1-12(19(25)23-17-4-2-16(3-5-17)18(22)24)27-20(26)21-9-13-6-14(10-21)8-15(7-13)11-21/h2-5,12-15H,6-11H2,1H3,(H2,22,24)(H,23,25). The van der Waals surface area contributed by atoms with Crippen LogP contribution in [0, 0.1) is 23.2 Å². The molecular formula is C21H26N2O4. The van der Waals surface area contributed by atoms with Crippen LogP contribution in [0.4, 0.5) is 5.69 Å². The zero-order chi connectivity index (χ0) is 19.2. The number of hydrogen-bond acceptors (Lipinski definition) is 4. The van der Waals surface area contributed by atoms with Gasteiger partial charge < -0.3 is 15.8 Å². The molecule has 6 nitrogen and oxygen atoms in total. The number of nitrogens with one attached hydrogen (secondary N) is 1. The van der Waals surface area contributed by atoms with Crippen molar-refractivity contribution in [3.8, 4) is 0 Å². The van der Waals surface area contributed by atoms with E-state index in [1.54, 1.807) is 31.2 Å². The first kappa shape index (κ1) is 18.0. The van der Waals surface area contributed by atoms with Crippen molar-refractivity contribution in [2.24, 2.45) is 28.9 Å². The highest BCUT2D eigenvalue weighted by molar-refractivity contribution is 5.97. The Bertz CT molecular complexity index is 736. The maximum Gasteiger partial charge on any atom is 0.312 e. The van der Waals surface area contributed by atoms with Gasteiger partial charge in [0.05, 0.1) is 5.41 Å². The third-order valence-electron chi connectivity index (χ3n) is 6.56. The number of ether oxygens (including phenoxy) is 1. The van der Waals surface area contributed by atoms with E-state index in [4.69, 9.17) is 10.5 Å². The first-order chi connectivity index (χ1) is 12.8. The zero-order valence-corrected chi connectivity index (χ0v) is 15.6. The van der Waals surface area contributed by atoms with Gasteiger partial charge in [-0.1, -0.05) is 0 Å². The first-order valence-electron chi connectivity index (χ1n) is 9.76. The van der Waals surface area contributed by atoms with Crippen molar-refractivity contribution in [2.45, 2.75) is 51.6 Å². The van der Waals surface area contributed by atoms with Gasteiger partial charge in [0.1, 0.15) is 0 Å². The summed E-state index contributed by atoms with van der Waals surface area (Å²) in [6, 6.07) is 6.30. The van der Waals surface area contributed by atoms with Gasteiger partial charge in [-0.15, -0.1) is 0 Å². The summed E-state index contributed by atoms with van der Waals surface area (Å²) in [7, 11) is 0. The fourth-order valence-corrected chi connectivity index (χ4v) is 5.66. The molecule has 0 radical (unpaired) electrons. The SMILES string of the molecule is CC(OC(=O)C12CC3CC(CC(C3)C1)C2)C(=O)Nc1ccc(C(N)=O)cc1. The molecule has 4 aliphatic carbocycles. The van der Waals surface area contributed by atoms with Crippen molar-refractivity contribution in [1.82, 2.24) is 0 Å². The fraction of sp³-hybridized carbons (Fsp3) is 0.571. The Morgan fingerprint density at radius 1 is 1.04 bits per heavy atom. The van der Waals surface area contributed by atoms with Gasteiger partial charge in [0, 0.05) is 11.3 Å². The van der Waals surface area contributed by atoms with Crippen LogP contribution in [0.5, 0.6) is 0 Å². The van der Waals surface area contributed by atoms with Gasteiger partial charge in [0.15, 0.2) is 6.10 Å². The van der Waals surface area contributed by atoms with Crippen LogP contribution in [0.3, 0.4) is 0 Å². The average Bonchev–Trinajstić information content (AvgIpc) is 2.60. The minimum absolute atomic E-state index is 0.201. The number of amides is 2. The molecule has 0 aliphatic heterocycles. The lowest BCUT2D eigenvalue weighted by molar-refractivity contribution is -0.177. The molecule has 0 spiro atoms. The second-order valence-corrected chi connectivity index (χ2v) is 8.68. The maximum atomic E-state index is 12.9. The lowest BCUT2D eigenvalue weighted by Crippen LogP contribution is -2.51. The van der Waals surface area contributed by atoms with Crippen LogP contribution < -0.4 is 11.1 Å². The zero-order valence-electron chi connectivity index (χ0n) is 15.6. The molecule has 0 saturated heterocycles. The number of hydrogen-bond donors (Lipinski definition) is 2.